The van der Waals surface area contributed by atoms with Gasteiger partial charge in [-0.2, -0.15) is 0 Å². The molecule has 2 fully saturated rings. The summed E-state index contributed by atoms with van der Waals surface area (Å²) in [6.45, 7) is 8.18. The van der Waals surface area contributed by atoms with Gasteiger partial charge in [-0.05, 0) is 30.3 Å². The Labute approximate surface area is 107 Å². The van der Waals surface area contributed by atoms with E-state index in [-0.39, 0.29) is 30.2 Å². The molecule has 96 valence electrons. The largest absolute Gasteiger partial charge is 0.460 e. The summed E-state index contributed by atoms with van der Waals surface area (Å²) in [6.07, 6.45) is 5.67. The van der Waals surface area contributed by atoms with Gasteiger partial charge in [0.2, 0.25) is 0 Å². The van der Waals surface area contributed by atoms with Gasteiger partial charge < -0.3 is 4.74 Å². The molecule has 4 atom stereocenters. The van der Waals surface area contributed by atoms with Crippen LogP contribution in [0.4, 0.5) is 0 Å². The Balaban J connectivity index is 2.13. The zero-order valence-electron chi connectivity index (χ0n) is 10.9. The van der Waals surface area contributed by atoms with Crippen LogP contribution in [-0.2, 0) is 14.3 Å². The summed E-state index contributed by atoms with van der Waals surface area (Å²) in [5.41, 5.74) is -0.832. The van der Waals surface area contributed by atoms with Crippen molar-refractivity contribution < 1.29 is 14.3 Å². The molecule has 3 rings (SSSR count). The van der Waals surface area contributed by atoms with Gasteiger partial charge in [-0.25, -0.2) is 0 Å². The standard InChI is InChI=1S/C15H18O3/c1-9-5-4-6-11-7-15(12(16)14(9,11)3)10(2)8-18-13(15)17/h4-5,9,11H,2,6-8H2,1,3H3/t9-,11-,14-,15+/m1/s1. The first-order valence-corrected chi connectivity index (χ1v) is 6.51. The fraction of sp³-hybridized carbons (Fsp3) is 0.600. The molecule has 0 radical (unpaired) electrons. The number of hydrogen-bond donors (Lipinski definition) is 0. The summed E-state index contributed by atoms with van der Waals surface area (Å²) in [7, 11) is 0. The Kier molecular flexibility index (Phi) is 2.17. The van der Waals surface area contributed by atoms with Crippen molar-refractivity contribution in [3.05, 3.63) is 24.3 Å². The van der Waals surface area contributed by atoms with Gasteiger partial charge in [0, 0.05) is 5.41 Å². The summed E-state index contributed by atoms with van der Waals surface area (Å²) in [5.74, 6) is 0.0569. The van der Waals surface area contributed by atoms with Gasteiger partial charge in [0.15, 0.2) is 11.2 Å². The number of ether oxygens (including phenoxy) is 1. The average Bonchev–Trinajstić information content (AvgIpc) is 2.75. The summed E-state index contributed by atoms with van der Waals surface area (Å²) in [5, 5.41) is 0. The zero-order valence-corrected chi connectivity index (χ0v) is 10.9. The molecule has 2 aliphatic carbocycles. The number of carbonyl (C=O) groups is 2. The highest BCUT2D eigenvalue weighted by molar-refractivity contribution is 6.12. The Morgan fingerprint density at radius 1 is 1.44 bits per heavy atom. The average molecular weight is 246 g/mol. The summed E-state index contributed by atoms with van der Waals surface area (Å²) in [4.78, 5) is 25.0. The van der Waals surface area contributed by atoms with Crippen LogP contribution in [0.2, 0.25) is 0 Å². The van der Waals surface area contributed by atoms with E-state index in [1.54, 1.807) is 0 Å². The molecule has 1 heterocycles. The second-order valence-electron chi connectivity index (χ2n) is 6.05. The summed E-state index contributed by atoms with van der Waals surface area (Å²) < 4.78 is 5.08. The van der Waals surface area contributed by atoms with Crippen LogP contribution in [0.5, 0.6) is 0 Å². The highest BCUT2D eigenvalue weighted by atomic mass is 16.5. The molecule has 1 saturated carbocycles. The Hall–Kier alpha value is -1.38. The maximum absolute atomic E-state index is 12.9. The van der Waals surface area contributed by atoms with Crippen molar-refractivity contribution in [2.45, 2.75) is 26.7 Å². The Bertz CT molecular complexity index is 472. The number of allylic oxidation sites excluding steroid dienone is 2. The molecule has 0 unspecified atom stereocenters. The van der Waals surface area contributed by atoms with E-state index >= 15 is 0 Å². The monoisotopic (exact) mass is 246 g/mol. The maximum atomic E-state index is 12.9. The predicted molar refractivity (Wildman–Crippen MR) is 66.7 cm³/mol. The number of hydrogen-bond acceptors (Lipinski definition) is 3. The lowest BCUT2D eigenvalue weighted by atomic mass is 9.65. The lowest BCUT2D eigenvalue weighted by molar-refractivity contribution is -0.151. The summed E-state index contributed by atoms with van der Waals surface area (Å²) in [6, 6.07) is 0. The van der Waals surface area contributed by atoms with E-state index in [0.29, 0.717) is 12.0 Å². The van der Waals surface area contributed by atoms with E-state index < -0.39 is 10.8 Å². The van der Waals surface area contributed by atoms with Crippen molar-refractivity contribution in [1.29, 1.82) is 0 Å². The van der Waals surface area contributed by atoms with Crippen molar-refractivity contribution in [1.82, 2.24) is 0 Å². The molecule has 1 aliphatic heterocycles. The summed E-state index contributed by atoms with van der Waals surface area (Å²) >= 11 is 0. The molecule has 1 spiro atoms. The number of carbonyl (C=O) groups excluding carboxylic acids is 2. The minimum Gasteiger partial charge on any atom is -0.460 e. The molecular weight excluding hydrogens is 228 g/mol. The van der Waals surface area contributed by atoms with Crippen molar-refractivity contribution >= 4 is 11.8 Å². The fourth-order valence-electron chi connectivity index (χ4n) is 3.90. The third-order valence-corrected chi connectivity index (χ3v) is 5.40. The van der Waals surface area contributed by atoms with Gasteiger partial charge in [-0.3, -0.25) is 9.59 Å². The number of cyclic esters (lactones) is 1. The lowest BCUT2D eigenvalue weighted by Gasteiger charge is -2.37. The van der Waals surface area contributed by atoms with Gasteiger partial charge in [0.25, 0.3) is 0 Å². The van der Waals surface area contributed by atoms with Crippen LogP contribution < -0.4 is 0 Å². The molecular formula is C15H18O3. The first kappa shape index (κ1) is 11.7. The van der Waals surface area contributed by atoms with Gasteiger partial charge in [0.05, 0.1) is 0 Å². The molecule has 18 heavy (non-hydrogen) atoms. The smallest absolute Gasteiger partial charge is 0.324 e. The first-order chi connectivity index (χ1) is 8.44. The van der Waals surface area contributed by atoms with E-state index in [1.165, 1.54) is 0 Å². The normalized spacial score (nSPS) is 46.7. The molecule has 0 bridgehead atoms. The van der Waals surface area contributed by atoms with Gasteiger partial charge in [0.1, 0.15) is 6.61 Å². The third-order valence-electron chi connectivity index (χ3n) is 5.40. The van der Waals surface area contributed by atoms with Gasteiger partial charge in [-0.1, -0.05) is 32.6 Å². The molecule has 3 aliphatic rings. The van der Waals surface area contributed by atoms with Crippen LogP contribution in [0.25, 0.3) is 0 Å². The number of rotatable bonds is 0. The Morgan fingerprint density at radius 2 is 2.17 bits per heavy atom. The topological polar surface area (TPSA) is 43.4 Å². The minimum atomic E-state index is -1.04. The highest BCUT2D eigenvalue weighted by Gasteiger charge is 2.68. The van der Waals surface area contributed by atoms with E-state index in [4.69, 9.17) is 4.74 Å². The van der Waals surface area contributed by atoms with Crippen LogP contribution >= 0.6 is 0 Å². The third kappa shape index (κ3) is 1.06. The molecule has 3 heteroatoms. The van der Waals surface area contributed by atoms with Crippen molar-refractivity contribution in [3.8, 4) is 0 Å². The van der Waals surface area contributed by atoms with Crippen LogP contribution in [-0.4, -0.2) is 18.4 Å². The van der Waals surface area contributed by atoms with Gasteiger partial charge >= 0.3 is 5.97 Å². The first-order valence-electron chi connectivity index (χ1n) is 6.51. The SMILES string of the molecule is C=C1COC(=O)[C@@]12C[C@H]1CC=C[C@@H](C)[C@@]1(C)C2=O. The second-order valence-corrected chi connectivity index (χ2v) is 6.05. The van der Waals surface area contributed by atoms with Gasteiger partial charge in [-0.15, -0.1) is 0 Å². The second kappa shape index (κ2) is 3.34. The minimum absolute atomic E-state index is 0.0318. The number of ketones is 1. The number of fused-ring (bicyclic) bond motifs is 1. The molecule has 0 aromatic rings. The van der Waals surface area contributed by atoms with Crippen molar-refractivity contribution in [2.75, 3.05) is 6.61 Å². The quantitative estimate of drug-likeness (QED) is 0.374. The molecule has 1 saturated heterocycles. The number of Topliss-reactive ketones (excluding diaryl/α,β-unsaturated/α-hetero) is 1. The lowest BCUT2D eigenvalue weighted by Crippen LogP contribution is -2.42. The fourth-order valence-corrected chi connectivity index (χ4v) is 3.90. The molecule has 3 nitrogen and oxygen atoms in total. The molecule has 0 aromatic heterocycles. The van der Waals surface area contributed by atoms with Crippen LogP contribution in [0.1, 0.15) is 26.7 Å². The van der Waals surface area contributed by atoms with E-state index in [0.717, 1.165) is 6.42 Å². The highest BCUT2D eigenvalue weighted by Crippen LogP contribution is 2.61. The van der Waals surface area contributed by atoms with Crippen molar-refractivity contribution in [2.24, 2.45) is 22.7 Å². The van der Waals surface area contributed by atoms with Crippen LogP contribution in [0, 0.1) is 22.7 Å². The van der Waals surface area contributed by atoms with Crippen LogP contribution in [0.15, 0.2) is 24.3 Å². The maximum Gasteiger partial charge on any atom is 0.324 e. The number of esters is 1. The molecule has 0 N–H and O–H groups in total. The molecule has 0 aromatic carbocycles. The van der Waals surface area contributed by atoms with E-state index in [9.17, 15) is 9.59 Å². The zero-order chi connectivity index (χ0) is 13.1. The van der Waals surface area contributed by atoms with Crippen LogP contribution in [0.3, 0.4) is 0 Å². The Morgan fingerprint density at radius 3 is 2.72 bits per heavy atom. The predicted octanol–water partition coefficient (Wildman–Crippen LogP) is 2.28. The van der Waals surface area contributed by atoms with E-state index in [2.05, 4.69) is 25.7 Å². The van der Waals surface area contributed by atoms with E-state index in [1.807, 2.05) is 6.92 Å². The molecule has 0 amide bonds. The van der Waals surface area contributed by atoms with Crippen molar-refractivity contribution in [3.63, 3.8) is 0 Å².